The van der Waals surface area contributed by atoms with Crippen molar-refractivity contribution < 1.29 is 22.0 Å². The Labute approximate surface area is 116 Å². The van der Waals surface area contributed by atoms with Crippen LogP contribution in [0.5, 0.6) is 0 Å². The summed E-state index contributed by atoms with van der Waals surface area (Å²) in [6.07, 6.45) is -8.02. The first-order chi connectivity index (χ1) is 9.68. The van der Waals surface area contributed by atoms with Crippen LogP contribution in [0.15, 0.2) is 18.2 Å². The molecule has 2 aromatic rings. The Kier molecular flexibility index (Phi) is 3.84. The Balaban J connectivity index is 2.38. The van der Waals surface area contributed by atoms with Gasteiger partial charge in [0.1, 0.15) is 0 Å². The molecule has 0 atom stereocenters. The summed E-state index contributed by atoms with van der Waals surface area (Å²) in [5.74, 6) is -2.60. The van der Waals surface area contributed by atoms with Crippen molar-refractivity contribution in [3.8, 4) is 0 Å². The lowest BCUT2D eigenvalue weighted by Crippen LogP contribution is -2.10. The number of hydrogen-bond donors (Lipinski definition) is 1. The molecule has 1 aromatic carbocycles. The highest BCUT2D eigenvalue weighted by Gasteiger charge is 2.38. The zero-order valence-corrected chi connectivity index (χ0v) is 10.8. The molecule has 0 unspecified atom stereocenters. The molecule has 0 aliphatic heterocycles. The van der Waals surface area contributed by atoms with Crippen molar-refractivity contribution in [1.82, 2.24) is 14.8 Å². The van der Waals surface area contributed by atoms with Crippen LogP contribution < -0.4 is 5.73 Å². The molecule has 9 heteroatoms. The van der Waals surface area contributed by atoms with Crippen molar-refractivity contribution in [1.29, 1.82) is 0 Å². The third kappa shape index (κ3) is 3.29. The van der Waals surface area contributed by atoms with Crippen LogP contribution in [0.4, 0.5) is 27.6 Å². The first-order valence-corrected chi connectivity index (χ1v) is 5.83. The van der Waals surface area contributed by atoms with Crippen LogP contribution in [-0.4, -0.2) is 14.8 Å². The van der Waals surface area contributed by atoms with Crippen molar-refractivity contribution in [3.05, 3.63) is 41.0 Å². The molecule has 2 rings (SSSR count). The van der Waals surface area contributed by atoms with Gasteiger partial charge in [-0.1, -0.05) is 12.1 Å². The molecule has 0 aliphatic carbocycles. The molecule has 21 heavy (non-hydrogen) atoms. The van der Waals surface area contributed by atoms with E-state index in [1.54, 1.807) is 19.1 Å². The minimum absolute atomic E-state index is 0.246. The van der Waals surface area contributed by atoms with E-state index in [9.17, 15) is 22.0 Å². The fourth-order valence-corrected chi connectivity index (χ4v) is 1.76. The lowest BCUT2D eigenvalue weighted by Gasteiger charge is -2.07. The molecule has 4 nitrogen and oxygen atoms in total. The quantitative estimate of drug-likeness (QED) is 0.700. The fraction of sp³-hybridized carbons (Fsp3) is 0.333. The van der Waals surface area contributed by atoms with Crippen LogP contribution in [0, 0.1) is 6.92 Å². The summed E-state index contributed by atoms with van der Waals surface area (Å²) in [6, 6.07) is 4.68. The fourth-order valence-electron chi connectivity index (χ4n) is 1.76. The van der Waals surface area contributed by atoms with Gasteiger partial charge in [0.2, 0.25) is 0 Å². The highest BCUT2D eigenvalue weighted by atomic mass is 19.4. The average molecular weight is 306 g/mol. The Morgan fingerprint density at radius 1 is 1.29 bits per heavy atom. The number of aromatic nitrogens is 3. The first-order valence-electron chi connectivity index (χ1n) is 5.83. The van der Waals surface area contributed by atoms with Crippen LogP contribution in [0.3, 0.4) is 0 Å². The molecule has 0 amide bonds. The van der Waals surface area contributed by atoms with E-state index in [-0.39, 0.29) is 6.54 Å². The second-order valence-electron chi connectivity index (χ2n) is 4.44. The SMILES string of the molecule is Cc1cc(Cn2nc(C(F)(F)F)nc2C(F)F)ccc1N. The molecule has 0 aliphatic rings. The molecule has 0 radical (unpaired) electrons. The molecule has 1 aromatic heterocycles. The second-order valence-corrected chi connectivity index (χ2v) is 4.44. The first kappa shape index (κ1) is 15.2. The van der Waals surface area contributed by atoms with Crippen molar-refractivity contribution in [2.24, 2.45) is 0 Å². The Morgan fingerprint density at radius 3 is 2.48 bits per heavy atom. The van der Waals surface area contributed by atoms with Crippen molar-refractivity contribution >= 4 is 5.69 Å². The van der Waals surface area contributed by atoms with Crippen molar-refractivity contribution in [3.63, 3.8) is 0 Å². The summed E-state index contributed by atoms with van der Waals surface area (Å²) in [5, 5.41) is 3.12. The highest BCUT2D eigenvalue weighted by Crippen LogP contribution is 2.29. The van der Waals surface area contributed by atoms with Gasteiger partial charge in [0.25, 0.3) is 12.2 Å². The van der Waals surface area contributed by atoms with Crippen LogP contribution in [0.25, 0.3) is 0 Å². The summed E-state index contributed by atoms with van der Waals surface area (Å²) < 4.78 is 63.6. The number of alkyl halides is 5. The Morgan fingerprint density at radius 2 is 1.95 bits per heavy atom. The van der Waals surface area contributed by atoms with Gasteiger partial charge in [0.05, 0.1) is 6.54 Å². The third-order valence-electron chi connectivity index (χ3n) is 2.82. The second kappa shape index (κ2) is 5.30. The van der Waals surface area contributed by atoms with E-state index in [4.69, 9.17) is 5.73 Å². The number of nitrogens with zero attached hydrogens (tertiary/aromatic N) is 3. The van der Waals surface area contributed by atoms with Gasteiger partial charge >= 0.3 is 6.18 Å². The standard InChI is InChI=1S/C12H11F5N4/c1-6-4-7(2-3-8(6)18)5-21-10(9(13)14)19-11(20-21)12(15,16)17/h2-4,9H,5,18H2,1H3. The minimum atomic E-state index is -4.87. The van der Waals surface area contributed by atoms with E-state index in [1.807, 2.05) is 0 Å². The summed E-state index contributed by atoms with van der Waals surface area (Å²) in [6.45, 7) is 1.46. The molecule has 114 valence electrons. The number of hydrogen-bond acceptors (Lipinski definition) is 3. The Hall–Kier alpha value is -2.19. The molecule has 0 spiro atoms. The van der Waals surface area contributed by atoms with E-state index >= 15 is 0 Å². The number of nitrogen functional groups attached to an aromatic ring is 1. The van der Waals surface area contributed by atoms with Gasteiger partial charge in [-0.3, -0.25) is 0 Å². The van der Waals surface area contributed by atoms with Crippen LogP contribution in [0.2, 0.25) is 0 Å². The minimum Gasteiger partial charge on any atom is -0.399 e. The number of nitrogens with two attached hydrogens (primary N) is 1. The van der Waals surface area contributed by atoms with Crippen molar-refractivity contribution in [2.45, 2.75) is 26.1 Å². The zero-order valence-electron chi connectivity index (χ0n) is 10.8. The molecule has 2 N–H and O–H groups in total. The maximum Gasteiger partial charge on any atom is 0.453 e. The van der Waals surface area contributed by atoms with Crippen LogP contribution in [0.1, 0.15) is 29.2 Å². The van der Waals surface area contributed by atoms with E-state index in [2.05, 4.69) is 10.1 Å². The molecule has 0 bridgehead atoms. The van der Waals surface area contributed by atoms with Gasteiger partial charge in [-0.05, 0) is 24.1 Å². The zero-order chi connectivity index (χ0) is 15.8. The predicted octanol–water partition coefficient (Wildman–Crippen LogP) is 3.17. The summed E-state index contributed by atoms with van der Waals surface area (Å²) in [5.41, 5.74) is 7.32. The number of rotatable bonds is 3. The summed E-state index contributed by atoms with van der Waals surface area (Å²) in [4.78, 5) is 2.87. The molecular weight excluding hydrogens is 295 g/mol. The number of anilines is 1. The van der Waals surface area contributed by atoms with Crippen LogP contribution in [-0.2, 0) is 12.7 Å². The largest absolute Gasteiger partial charge is 0.453 e. The van der Waals surface area contributed by atoms with Gasteiger partial charge in [-0.15, -0.1) is 5.10 Å². The third-order valence-corrected chi connectivity index (χ3v) is 2.82. The van der Waals surface area contributed by atoms with E-state index in [0.717, 1.165) is 0 Å². The monoisotopic (exact) mass is 306 g/mol. The summed E-state index contributed by atoms with van der Waals surface area (Å²) in [7, 11) is 0. The molecule has 0 saturated carbocycles. The highest BCUT2D eigenvalue weighted by molar-refractivity contribution is 5.47. The molecule has 0 fully saturated rings. The van der Waals surface area contributed by atoms with E-state index in [0.29, 0.717) is 21.5 Å². The number of benzene rings is 1. The number of halogens is 5. The lowest BCUT2D eigenvalue weighted by atomic mass is 10.1. The van der Waals surface area contributed by atoms with Gasteiger partial charge in [-0.2, -0.15) is 13.2 Å². The Bertz CT molecular complexity index is 648. The maximum absolute atomic E-state index is 12.8. The smallest absolute Gasteiger partial charge is 0.399 e. The van der Waals surface area contributed by atoms with Crippen molar-refractivity contribution in [2.75, 3.05) is 5.73 Å². The average Bonchev–Trinajstić information content (AvgIpc) is 2.78. The van der Waals surface area contributed by atoms with Crippen LogP contribution >= 0.6 is 0 Å². The molecule has 1 heterocycles. The van der Waals surface area contributed by atoms with Gasteiger partial charge in [0.15, 0.2) is 5.82 Å². The van der Waals surface area contributed by atoms with Gasteiger partial charge < -0.3 is 5.73 Å². The normalized spacial score (nSPS) is 12.1. The van der Waals surface area contributed by atoms with E-state index in [1.165, 1.54) is 6.07 Å². The van der Waals surface area contributed by atoms with Gasteiger partial charge in [0, 0.05) is 5.69 Å². The predicted molar refractivity (Wildman–Crippen MR) is 64.7 cm³/mol. The number of aryl methyl sites for hydroxylation is 1. The lowest BCUT2D eigenvalue weighted by molar-refractivity contribution is -0.145. The topological polar surface area (TPSA) is 56.7 Å². The maximum atomic E-state index is 12.8. The summed E-state index contributed by atoms with van der Waals surface area (Å²) >= 11 is 0. The van der Waals surface area contributed by atoms with Gasteiger partial charge in [-0.25, -0.2) is 18.4 Å². The molecular formula is C12H11F5N4. The van der Waals surface area contributed by atoms with E-state index < -0.39 is 24.3 Å². The molecule has 0 saturated heterocycles.